The second-order valence-corrected chi connectivity index (χ2v) is 4.94. The lowest BCUT2D eigenvalue weighted by Crippen LogP contribution is -2.24. The summed E-state index contributed by atoms with van der Waals surface area (Å²) in [4.78, 5) is 23.7. The molecule has 20 heavy (non-hydrogen) atoms. The van der Waals surface area contributed by atoms with E-state index in [0.717, 1.165) is 18.6 Å². The first-order valence-corrected chi connectivity index (χ1v) is 6.45. The van der Waals surface area contributed by atoms with Crippen molar-refractivity contribution < 1.29 is 18.7 Å². The van der Waals surface area contributed by atoms with Crippen molar-refractivity contribution in [1.29, 1.82) is 0 Å². The van der Waals surface area contributed by atoms with Gasteiger partial charge < -0.3 is 15.8 Å². The number of methoxy groups -OCH3 is 1. The number of amides is 1. The van der Waals surface area contributed by atoms with Gasteiger partial charge in [0, 0.05) is 12.0 Å². The van der Waals surface area contributed by atoms with Gasteiger partial charge in [-0.3, -0.25) is 4.79 Å². The Balaban J connectivity index is 2.17. The summed E-state index contributed by atoms with van der Waals surface area (Å²) in [5.74, 6) is -1.59. The van der Waals surface area contributed by atoms with Crippen molar-refractivity contribution in [3.8, 4) is 0 Å². The van der Waals surface area contributed by atoms with Crippen LogP contribution in [-0.4, -0.2) is 25.0 Å². The predicted octanol–water partition coefficient (Wildman–Crippen LogP) is 1.68. The van der Waals surface area contributed by atoms with E-state index in [1.807, 2.05) is 0 Å². The molecule has 2 unspecified atom stereocenters. The Morgan fingerprint density at radius 2 is 2.15 bits per heavy atom. The van der Waals surface area contributed by atoms with Crippen molar-refractivity contribution >= 4 is 17.6 Å². The van der Waals surface area contributed by atoms with Gasteiger partial charge in [0.05, 0.1) is 18.4 Å². The molecule has 108 valence electrons. The summed E-state index contributed by atoms with van der Waals surface area (Å²) in [6, 6.07) is 3.57. The molecule has 1 aromatic carbocycles. The molecule has 1 aliphatic rings. The zero-order valence-electron chi connectivity index (χ0n) is 11.2. The van der Waals surface area contributed by atoms with Crippen molar-refractivity contribution in [2.24, 2.45) is 11.7 Å². The highest BCUT2D eigenvalue weighted by Gasteiger charge is 2.28. The molecule has 1 aliphatic carbocycles. The van der Waals surface area contributed by atoms with Crippen LogP contribution in [0.1, 0.15) is 29.6 Å². The maximum Gasteiger partial charge on any atom is 0.339 e. The third-order valence-corrected chi connectivity index (χ3v) is 3.49. The zero-order chi connectivity index (χ0) is 14.7. The van der Waals surface area contributed by atoms with E-state index in [4.69, 9.17) is 5.73 Å². The molecule has 0 aromatic heterocycles. The van der Waals surface area contributed by atoms with Gasteiger partial charge in [0.15, 0.2) is 0 Å². The maximum absolute atomic E-state index is 13.3. The Morgan fingerprint density at radius 3 is 2.75 bits per heavy atom. The van der Waals surface area contributed by atoms with E-state index < -0.39 is 11.8 Å². The third-order valence-electron chi connectivity index (χ3n) is 3.49. The highest BCUT2D eigenvalue weighted by Crippen LogP contribution is 2.26. The second-order valence-electron chi connectivity index (χ2n) is 4.94. The number of nitrogens with two attached hydrogens (primary N) is 1. The van der Waals surface area contributed by atoms with Gasteiger partial charge in [0.1, 0.15) is 5.82 Å². The molecule has 0 heterocycles. The average Bonchev–Trinajstić information content (AvgIpc) is 2.85. The van der Waals surface area contributed by atoms with E-state index in [0.29, 0.717) is 12.8 Å². The molecule has 2 atom stereocenters. The maximum atomic E-state index is 13.3. The number of nitrogens with one attached hydrogen (secondary N) is 1. The van der Waals surface area contributed by atoms with Crippen LogP contribution in [0.3, 0.4) is 0 Å². The van der Waals surface area contributed by atoms with Gasteiger partial charge in [-0.25, -0.2) is 9.18 Å². The predicted molar refractivity (Wildman–Crippen MR) is 71.7 cm³/mol. The molecule has 0 spiro atoms. The Hall–Kier alpha value is -1.95. The molecule has 2 rings (SSSR count). The average molecular weight is 280 g/mol. The van der Waals surface area contributed by atoms with Crippen LogP contribution in [0.2, 0.25) is 0 Å². The lowest BCUT2D eigenvalue weighted by atomic mass is 10.1. The van der Waals surface area contributed by atoms with E-state index in [9.17, 15) is 14.0 Å². The summed E-state index contributed by atoms with van der Waals surface area (Å²) in [6.07, 6.45) is 2.11. The SMILES string of the molecule is COC(=O)c1ccc(F)cc1NC(=O)C1CCC(N)C1. The van der Waals surface area contributed by atoms with Crippen LogP contribution in [0.4, 0.5) is 10.1 Å². The first-order chi connectivity index (χ1) is 9.51. The Kier molecular flexibility index (Phi) is 4.34. The third kappa shape index (κ3) is 3.14. The Labute approximate surface area is 116 Å². The minimum absolute atomic E-state index is 0.0262. The summed E-state index contributed by atoms with van der Waals surface area (Å²) in [7, 11) is 1.23. The van der Waals surface area contributed by atoms with E-state index in [2.05, 4.69) is 10.1 Å². The van der Waals surface area contributed by atoms with Crippen molar-refractivity contribution in [3.05, 3.63) is 29.6 Å². The fraction of sp³-hybridized carbons (Fsp3) is 0.429. The van der Waals surface area contributed by atoms with Crippen LogP contribution in [0, 0.1) is 11.7 Å². The largest absolute Gasteiger partial charge is 0.465 e. The summed E-state index contributed by atoms with van der Waals surface area (Å²) in [5.41, 5.74) is 6.02. The van der Waals surface area contributed by atoms with Crippen molar-refractivity contribution in [3.63, 3.8) is 0 Å². The fourth-order valence-electron chi connectivity index (χ4n) is 2.40. The fourth-order valence-corrected chi connectivity index (χ4v) is 2.40. The minimum Gasteiger partial charge on any atom is -0.465 e. The van der Waals surface area contributed by atoms with Gasteiger partial charge in [-0.05, 0) is 37.5 Å². The van der Waals surface area contributed by atoms with Crippen LogP contribution >= 0.6 is 0 Å². The molecule has 0 saturated heterocycles. The molecule has 0 bridgehead atoms. The topological polar surface area (TPSA) is 81.4 Å². The lowest BCUT2D eigenvalue weighted by molar-refractivity contribution is -0.119. The van der Waals surface area contributed by atoms with Crippen LogP contribution in [0.5, 0.6) is 0 Å². The molecule has 0 aliphatic heterocycles. The minimum atomic E-state index is -0.622. The molecule has 1 saturated carbocycles. The number of rotatable bonds is 3. The molecule has 1 amide bonds. The van der Waals surface area contributed by atoms with Crippen molar-refractivity contribution in [2.75, 3.05) is 12.4 Å². The Morgan fingerprint density at radius 1 is 1.40 bits per heavy atom. The van der Waals surface area contributed by atoms with Gasteiger partial charge in [-0.15, -0.1) is 0 Å². The molecular weight excluding hydrogens is 263 g/mol. The molecule has 0 radical (unpaired) electrons. The molecule has 1 aromatic rings. The number of carbonyl (C=O) groups excluding carboxylic acids is 2. The second kappa shape index (κ2) is 6.00. The highest BCUT2D eigenvalue weighted by atomic mass is 19.1. The normalized spacial score (nSPS) is 21.6. The number of halogens is 1. The standard InChI is InChI=1S/C14H17FN2O3/c1-20-14(19)11-5-3-9(15)7-12(11)17-13(18)8-2-4-10(16)6-8/h3,5,7-8,10H,2,4,6,16H2,1H3,(H,17,18). The number of anilines is 1. The van der Waals surface area contributed by atoms with Crippen molar-refractivity contribution in [1.82, 2.24) is 0 Å². The van der Waals surface area contributed by atoms with Crippen LogP contribution in [-0.2, 0) is 9.53 Å². The monoisotopic (exact) mass is 280 g/mol. The van der Waals surface area contributed by atoms with Crippen LogP contribution in [0.15, 0.2) is 18.2 Å². The van der Waals surface area contributed by atoms with E-state index in [1.165, 1.54) is 13.2 Å². The van der Waals surface area contributed by atoms with E-state index in [-0.39, 0.29) is 29.1 Å². The first-order valence-electron chi connectivity index (χ1n) is 6.45. The van der Waals surface area contributed by atoms with E-state index >= 15 is 0 Å². The highest BCUT2D eigenvalue weighted by molar-refractivity contribution is 6.01. The molecule has 3 N–H and O–H groups in total. The number of ether oxygens (including phenoxy) is 1. The van der Waals surface area contributed by atoms with Crippen molar-refractivity contribution in [2.45, 2.75) is 25.3 Å². The first kappa shape index (κ1) is 14.5. The number of benzene rings is 1. The quantitative estimate of drug-likeness (QED) is 0.825. The van der Waals surface area contributed by atoms with Gasteiger partial charge in [0.25, 0.3) is 0 Å². The summed E-state index contributed by atoms with van der Waals surface area (Å²) in [6.45, 7) is 0. The number of hydrogen-bond donors (Lipinski definition) is 2. The summed E-state index contributed by atoms with van der Waals surface area (Å²) >= 11 is 0. The Bertz CT molecular complexity index is 533. The number of carbonyl (C=O) groups is 2. The van der Waals surface area contributed by atoms with Gasteiger partial charge in [0.2, 0.25) is 5.91 Å². The molecule has 1 fully saturated rings. The smallest absolute Gasteiger partial charge is 0.339 e. The van der Waals surface area contributed by atoms with Gasteiger partial charge >= 0.3 is 5.97 Å². The zero-order valence-corrected chi connectivity index (χ0v) is 11.2. The lowest BCUT2D eigenvalue weighted by Gasteiger charge is -2.13. The van der Waals surface area contributed by atoms with Gasteiger partial charge in [-0.2, -0.15) is 0 Å². The van der Waals surface area contributed by atoms with Crippen LogP contribution < -0.4 is 11.1 Å². The number of hydrogen-bond acceptors (Lipinski definition) is 4. The number of esters is 1. The molecular formula is C14H17FN2O3. The van der Waals surface area contributed by atoms with E-state index in [1.54, 1.807) is 0 Å². The summed E-state index contributed by atoms with van der Waals surface area (Å²) < 4.78 is 17.9. The molecule has 6 heteroatoms. The van der Waals surface area contributed by atoms with Gasteiger partial charge in [-0.1, -0.05) is 0 Å². The molecule has 5 nitrogen and oxygen atoms in total. The van der Waals surface area contributed by atoms with Crippen LogP contribution in [0.25, 0.3) is 0 Å². The summed E-state index contributed by atoms with van der Waals surface area (Å²) in [5, 5.41) is 2.59.